The van der Waals surface area contributed by atoms with Gasteiger partial charge in [0, 0.05) is 20.0 Å². The van der Waals surface area contributed by atoms with E-state index in [-0.39, 0.29) is 23.8 Å². The Morgan fingerprint density at radius 1 is 1.38 bits per heavy atom. The van der Waals surface area contributed by atoms with E-state index in [0.29, 0.717) is 6.54 Å². The Morgan fingerprint density at radius 3 is 2.81 bits per heavy atom. The number of nitrogens with zero attached hydrogens (tertiary/aromatic N) is 1. The topological polar surface area (TPSA) is 58.6 Å². The van der Waals surface area contributed by atoms with Crippen molar-refractivity contribution in [3.05, 3.63) is 29.3 Å². The van der Waals surface area contributed by atoms with Crippen molar-refractivity contribution in [1.82, 2.24) is 10.2 Å². The van der Waals surface area contributed by atoms with Gasteiger partial charge in [0.2, 0.25) is 11.8 Å². The van der Waals surface area contributed by atoms with Crippen LogP contribution in [0.25, 0.3) is 0 Å². The number of hydrogen-bond donors (Lipinski definition) is 1. The van der Waals surface area contributed by atoms with Gasteiger partial charge >= 0.3 is 0 Å². The lowest BCUT2D eigenvalue weighted by Crippen LogP contribution is -2.36. The predicted molar refractivity (Wildman–Crippen MR) is 77.9 cm³/mol. The standard InChI is InChI=1S/C16H20N2O3/c1-16(2)8-11-6-10(4-5-13(11)21-16)9-17-12-7-14(19)18(3)15(12)20/h4-6,12,17H,7-9H2,1-3H3. The monoisotopic (exact) mass is 288 g/mol. The van der Waals surface area contributed by atoms with Crippen molar-refractivity contribution in [1.29, 1.82) is 0 Å². The highest BCUT2D eigenvalue weighted by Gasteiger charge is 2.35. The smallest absolute Gasteiger partial charge is 0.246 e. The molecule has 3 rings (SSSR count). The van der Waals surface area contributed by atoms with Crippen LogP contribution in [0.3, 0.4) is 0 Å². The molecule has 0 spiro atoms. The van der Waals surface area contributed by atoms with Gasteiger partial charge in [-0.15, -0.1) is 0 Å². The van der Waals surface area contributed by atoms with E-state index in [1.807, 2.05) is 12.1 Å². The molecule has 0 bridgehead atoms. The summed E-state index contributed by atoms with van der Waals surface area (Å²) < 4.78 is 5.85. The minimum atomic E-state index is -0.400. The van der Waals surface area contributed by atoms with Crippen molar-refractivity contribution in [2.24, 2.45) is 0 Å². The normalized spacial score (nSPS) is 23.4. The number of amides is 2. The molecule has 0 radical (unpaired) electrons. The van der Waals surface area contributed by atoms with Crippen LogP contribution in [0, 0.1) is 0 Å². The average Bonchev–Trinajstić information content (AvgIpc) is 2.85. The zero-order valence-electron chi connectivity index (χ0n) is 12.6. The number of likely N-dealkylation sites (N-methyl/N-ethyl adjacent to an activating group) is 1. The van der Waals surface area contributed by atoms with Crippen LogP contribution < -0.4 is 10.1 Å². The number of likely N-dealkylation sites (tertiary alicyclic amines) is 1. The minimum absolute atomic E-state index is 0.124. The first-order valence-corrected chi connectivity index (χ1v) is 7.20. The second-order valence-corrected chi connectivity index (χ2v) is 6.41. The molecule has 112 valence electrons. The van der Waals surface area contributed by atoms with Crippen molar-refractivity contribution in [3.63, 3.8) is 0 Å². The molecule has 1 fully saturated rings. The van der Waals surface area contributed by atoms with E-state index in [4.69, 9.17) is 4.74 Å². The SMILES string of the molecule is CN1C(=O)CC(NCc2ccc3c(c2)CC(C)(C)O3)C1=O. The molecular weight excluding hydrogens is 268 g/mol. The van der Waals surface area contributed by atoms with Crippen LogP contribution in [0.2, 0.25) is 0 Å². The van der Waals surface area contributed by atoms with Crippen LogP contribution >= 0.6 is 0 Å². The summed E-state index contributed by atoms with van der Waals surface area (Å²) in [7, 11) is 1.53. The Balaban J connectivity index is 1.65. The zero-order valence-corrected chi connectivity index (χ0v) is 12.6. The Labute approximate surface area is 124 Å². The molecule has 1 atom stereocenters. The highest BCUT2D eigenvalue weighted by atomic mass is 16.5. The summed E-state index contributed by atoms with van der Waals surface area (Å²) in [5.41, 5.74) is 2.15. The quantitative estimate of drug-likeness (QED) is 0.850. The largest absolute Gasteiger partial charge is 0.487 e. The fourth-order valence-electron chi connectivity index (χ4n) is 2.93. The van der Waals surface area contributed by atoms with Gasteiger partial charge in [-0.05, 0) is 31.0 Å². The number of imide groups is 1. The van der Waals surface area contributed by atoms with Crippen LogP contribution in [-0.4, -0.2) is 35.4 Å². The lowest BCUT2D eigenvalue weighted by molar-refractivity contribution is -0.137. The van der Waals surface area contributed by atoms with Gasteiger partial charge in [-0.1, -0.05) is 12.1 Å². The number of carbonyl (C=O) groups excluding carboxylic acids is 2. The van der Waals surface area contributed by atoms with Crippen LogP contribution in [0.5, 0.6) is 5.75 Å². The maximum absolute atomic E-state index is 11.8. The molecule has 21 heavy (non-hydrogen) atoms. The van der Waals surface area contributed by atoms with Gasteiger partial charge in [0.15, 0.2) is 0 Å². The van der Waals surface area contributed by atoms with E-state index in [9.17, 15) is 9.59 Å². The molecule has 2 heterocycles. The van der Waals surface area contributed by atoms with Gasteiger partial charge < -0.3 is 10.1 Å². The third-order valence-electron chi connectivity index (χ3n) is 4.06. The van der Waals surface area contributed by atoms with Crippen LogP contribution in [-0.2, 0) is 22.6 Å². The Morgan fingerprint density at radius 2 is 2.14 bits per heavy atom. The second kappa shape index (κ2) is 4.84. The zero-order chi connectivity index (χ0) is 15.2. The number of rotatable bonds is 3. The molecule has 1 unspecified atom stereocenters. The molecular formula is C16H20N2O3. The van der Waals surface area contributed by atoms with Crippen molar-refractivity contribution in [2.45, 2.75) is 44.9 Å². The highest BCUT2D eigenvalue weighted by Crippen LogP contribution is 2.35. The van der Waals surface area contributed by atoms with Gasteiger partial charge in [-0.2, -0.15) is 0 Å². The van der Waals surface area contributed by atoms with Gasteiger partial charge in [-0.25, -0.2) is 0 Å². The molecule has 1 N–H and O–H groups in total. The maximum Gasteiger partial charge on any atom is 0.246 e. The Hall–Kier alpha value is -1.88. The van der Waals surface area contributed by atoms with Crippen LogP contribution in [0.15, 0.2) is 18.2 Å². The fourth-order valence-corrected chi connectivity index (χ4v) is 2.93. The number of carbonyl (C=O) groups is 2. The molecule has 5 heteroatoms. The minimum Gasteiger partial charge on any atom is -0.487 e. The van der Waals surface area contributed by atoms with Gasteiger partial charge in [0.25, 0.3) is 0 Å². The molecule has 0 aromatic heterocycles. The van der Waals surface area contributed by atoms with Crippen LogP contribution in [0.4, 0.5) is 0 Å². The molecule has 0 saturated carbocycles. The number of fused-ring (bicyclic) bond motifs is 1. The van der Waals surface area contributed by atoms with E-state index in [0.717, 1.165) is 17.7 Å². The Bertz CT molecular complexity index is 610. The lowest BCUT2D eigenvalue weighted by atomic mass is 10.00. The van der Waals surface area contributed by atoms with E-state index in [1.165, 1.54) is 17.5 Å². The van der Waals surface area contributed by atoms with Crippen molar-refractivity contribution in [2.75, 3.05) is 7.05 Å². The fraction of sp³-hybridized carbons (Fsp3) is 0.500. The van der Waals surface area contributed by atoms with Crippen molar-refractivity contribution >= 4 is 11.8 Å². The second-order valence-electron chi connectivity index (χ2n) is 6.41. The summed E-state index contributed by atoms with van der Waals surface area (Å²) in [6.07, 6.45) is 1.14. The van der Waals surface area contributed by atoms with E-state index < -0.39 is 6.04 Å². The van der Waals surface area contributed by atoms with E-state index >= 15 is 0 Å². The third-order valence-corrected chi connectivity index (χ3v) is 4.06. The first-order valence-electron chi connectivity index (χ1n) is 7.20. The number of benzene rings is 1. The van der Waals surface area contributed by atoms with Gasteiger partial charge in [-0.3, -0.25) is 14.5 Å². The average molecular weight is 288 g/mol. The third kappa shape index (κ3) is 2.65. The molecule has 0 aliphatic carbocycles. The number of ether oxygens (including phenoxy) is 1. The summed E-state index contributed by atoms with van der Waals surface area (Å²) in [4.78, 5) is 24.5. The van der Waals surface area contributed by atoms with Crippen molar-refractivity contribution in [3.8, 4) is 5.75 Å². The van der Waals surface area contributed by atoms with Gasteiger partial charge in [0.05, 0.1) is 12.5 Å². The van der Waals surface area contributed by atoms with Gasteiger partial charge in [0.1, 0.15) is 11.4 Å². The number of nitrogens with one attached hydrogen (secondary N) is 1. The van der Waals surface area contributed by atoms with Crippen LogP contribution in [0.1, 0.15) is 31.4 Å². The molecule has 1 saturated heterocycles. The molecule has 2 amide bonds. The Kier molecular flexibility index (Phi) is 3.24. The first kappa shape index (κ1) is 14.1. The predicted octanol–water partition coefficient (Wildman–Crippen LogP) is 1.25. The highest BCUT2D eigenvalue weighted by molar-refractivity contribution is 6.05. The number of hydrogen-bond acceptors (Lipinski definition) is 4. The molecule has 2 aliphatic heterocycles. The molecule has 1 aromatic carbocycles. The van der Waals surface area contributed by atoms with E-state index in [2.05, 4.69) is 25.2 Å². The maximum atomic E-state index is 11.8. The molecule has 5 nitrogen and oxygen atoms in total. The first-order chi connectivity index (χ1) is 9.85. The summed E-state index contributed by atoms with van der Waals surface area (Å²) in [5.74, 6) is 0.669. The van der Waals surface area contributed by atoms with Crippen molar-refractivity contribution < 1.29 is 14.3 Å². The summed E-state index contributed by atoms with van der Waals surface area (Å²) in [5, 5.41) is 3.17. The van der Waals surface area contributed by atoms with E-state index in [1.54, 1.807) is 0 Å². The summed E-state index contributed by atoms with van der Waals surface area (Å²) >= 11 is 0. The summed E-state index contributed by atoms with van der Waals surface area (Å²) in [6, 6.07) is 5.69. The molecule has 2 aliphatic rings. The molecule has 1 aromatic rings. The lowest BCUT2D eigenvalue weighted by Gasteiger charge is -2.16. The summed E-state index contributed by atoms with van der Waals surface area (Å²) in [6.45, 7) is 4.72.